The van der Waals surface area contributed by atoms with Crippen molar-refractivity contribution in [2.45, 2.75) is 18.4 Å². The van der Waals surface area contributed by atoms with E-state index >= 15 is 0 Å². The highest BCUT2D eigenvalue weighted by molar-refractivity contribution is 5.27. The van der Waals surface area contributed by atoms with E-state index in [-0.39, 0.29) is 11.5 Å². The van der Waals surface area contributed by atoms with Gasteiger partial charge in [0, 0.05) is 24.6 Å². The standard InChI is InChI=1S/C13H15F2NO/c14-11-3-1-2-10(12(11)15)13(17)5-7-16-6-4-9(13)8-16/h1-3,9,17H,4-8H2. The Balaban J connectivity index is 2.04. The van der Waals surface area contributed by atoms with E-state index in [9.17, 15) is 13.9 Å². The third-order valence-corrected chi connectivity index (χ3v) is 4.17. The van der Waals surface area contributed by atoms with E-state index in [4.69, 9.17) is 0 Å². The minimum absolute atomic E-state index is 0.0209. The highest BCUT2D eigenvalue weighted by Gasteiger charge is 2.47. The predicted molar refractivity (Wildman–Crippen MR) is 59.4 cm³/mol. The Kier molecular flexibility index (Phi) is 2.45. The fourth-order valence-corrected chi connectivity index (χ4v) is 3.15. The maximum atomic E-state index is 13.8. The molecular weight excluding hydrogens is 224 g/mol. The van der Waals surface area contributed by atoms with Crippen LogP contribution in [0.4, 0.5) is 8.78 Å². The number of nitrogens with zero attached hydrogens (tertiary/aromatic N) is 1. The third kappa shape index (κ3) is 1.58. The summed E-state index contributed by atoms with van der Waals surface area (Å²) in [6.07, 6.45) is 1.34. The number of hydrogen-bond acceptors (Lipinski definition) is 2. The van der Waals surface area contributed by atoms with Gasteiger partial charge in [-0.05, 0) is 25.5 Å². The van der Waals surface area contributed by atoms with Gasteiger partial charge in [-0.3, -0.25) is 0 Å². The molecule has 0 aliphatic carbocycles. The second-order valence-electron chi connectivity index (χ2n) is 5.06. The lowest BCUT2D eigenvalue weighted by molar-refractivity contribution is -0.0532. The molecule has 92 valence electrons. The van der Waals surface area contributed by atoms with E-state index in [0.29, 0.717) is 6.42 Å². The minimum Gasteiger partial charge on any atom is -0.385 e. The Morgan fingerprint density at radius 1 is 1.29 bits per heavy atom. The fraction of sp³-hybridized carbons (Fsp3) is 0.538. The van der Waals surface area contributed by atoms with Crippen molar-refractivity contribution in [2.75, 3.05) is 19.6 Å². The molecule has 3 atom stereocenters. The molecule has 1 aromatic carbocycles. The van der Waals surface area contributed by atoms with E-state index in [0.717, 1.165) is 32.1 Å². The van der Waals surface area contributed by atoms with Crippen molar-refractivity contribution in [1.29, 1.82) is 0 Å². The molecule has 1 aromatic rings. The average molecular weight is 239 g/mol. The molecule has 2 heterocycles. The molecule has 3 unspecified atom stereocenters. The molecule has 1 N–H and O–H groups in total. The predicted octanol–water partition coefficient (Wildman–Crippen LogP) is 1.88. The second kappa shape index (κ2) is 3.75. The molecule has 0 aromatic heterocycles. The normalized spacial score (nSPS) is 36.2. The molecule has 4 heteroatoms. The third-order valence-electron chi connectivity index (χ3n) is 4.17. The first-order chi connectivity index (χ1) is 8.11. The Bertz CT molecular complexity index is 451. The molecule has 2 aliphatic rings. The summed E-state index contributed by atoms with van der Waals surface area (Å²) in [5, 5.41) is 10.7. The Hall–Kier alpha value is -1.00. The lowest BCUT2D eigenvalue weighted by Crippen LogP contribution is -2.44. The maximum Gasteiger partial charge on any atom is 0.164 e. The average Bonchev–Trinajstić information content (AvgIpc) is 2.73. The van der Waals surface area contributed by atoms with Crippen LogP contribution in [-0.2, 0) is 5.60 Å². The number of benzene rings is 1. The summed E-state index contributed by atoms with van der Waals surface area (Å²) < 4.78 is 27.1. The van der Waals surface area contributed by atoms with Crippen LogP contribution in [0.15, 0.2) is 18.2 Å². The van der Waals surface area contributed by atoms with Gasteiger partial charge in [0.2, 0.25) is 0 Å². The first-order valence-electron chi connectivity index (χ1n) is 6.00. The largest absolute Gasteiger partial charge is 0.385 e. The van der Waals surface area contributed by atoms with Crippen LogP contribution in [0.5, 0.6) is 0 Å². The van der Waals surface area contributed by atoms with Gasteiger partial charge in [-0.15, -0.1) is 0 Å². The van der Waals surface area contributed by atoms with Crippen LogP contribution in [0.25, 0.3) is 0 Å². The van der Waals surface area contributed by atoms with Crippen LogP contribution in [0.3, 0.4) is 0 Å². The van der Waals surface area contributed by atoms with E-state index in [1.165, 1.54) is 12.1 Å². The van der Waals surface area contributed by atoms with Crippen molar-refractivity contribution in [3.05, 3.63) is 35.4 Å². The van der Waals surface area contributed by atoms with Gasteiger partial charge in [-0.1, -0.05) is 12.1 Å². The molecule has 2 nitrogen and oxygen atoms in total. The Morgan fingerprint density at radius 2 is 2.12 bits per heavy atom. The number of hydrogen-bond donors (Lipinski definition) is 1. The van der Waals surface area contributed by atoms with Gasteiger partial charge in [0.1, 0.15) is 0 Å². The number of aliphatic hydroxyl groups is 1. The van der Waals surface area contributed by atoms with Crippen LogP contribution in [0.2, 0.25) is 0 Å². The summed E-state index contributed by atoms with van der Waals surface area (Å²) in [6, 6.07) is 4.06. The van der Waals surface area contributed by atoms with Gasteiger partial charge in [0.15, 0.2) is 11.6 Å². The molecular formula is C13H15F2NO. The van der Waals surface area contributed by atoms with Gasteiger partial charge < -0.3 is 10.0 Å². The van der Waals surface area contributed by atoms with Gasteiger partial charge in [0.05, 0.1) is 5.60 Å². The molecule has 3 rings (SSSR count). The lowest BCUT2D eigenvalue weighted by Gasteiger charge is -2.39. The molecule has 2 aliphatic heterocycles. The zero-order valence-electron chi connectivity index (χ0n) is 9.50. The number of piperidine rings is 1. The number of halogens is 2. The van der Waals surface area contributed by atoms with E-state index in [1.54, 1.807) is 0 Å². The van der Waals surface area contributed by atoms with Crippen LogP contribution in [0.1, 0.15) is 18.4 Å². The smallest absolute Gasteiger partial charge is 0.164 e. The zero-order chi connectivity index (χ0) is 12.0. The monoisotopic (exact) mass is 239 g/mol. The zero-order valence-corrected chi connectivity index (χ0v) is 9.50. The van der Waals surface area contributed by atoms with E-state index < -0.39 is 17.2 Å². The second-order valence-corrected chi connectivity index (χ2v) is 5.06. The highest BCUT2D eigenvalue weighted by Crippen LogP contribution is 2.43. The van der Waals surface area contributed by atoms with E-state index in [2.05, 4.69) is 4.90 Å². The summed E-state index contributed by atoms with van der Waals surface area (Å²) >= 11 is 0. The van der Waals surface area contributed by atoms with Crippen molar-refractivity contribution in [3.63, 3.8) is 0 Å². The first kappa shape index (κ1) is 11.1. The minimum atomic E-state index is -1.20. The summed E-state index contributed by atoms with van der Waals surface area (Å²) in [6.45, 7) is 2.49. The topological polar surface area (TPSA) is 23.5 Å². The SMILES string of the molecule is OC1(c2cccc(F)c2F)CCN2CCC1C2. The van der Waals surface area contributed by atoms with Crippen LogP contribution < -0.4 is 0 Å². The van der Waals surface area contributed by atoms with E-state index in [1.807, 2.05) is 0 Å². The van der Waals surface area contributed by atoms with Crippen molar-refractivity contribution in [2.24, 2.45) is 5.92 Å². The molecule has 0 spiro atoms. The number of fused-ring (bicyclic) bond motifs is 2. The molecule has 2 bridgehead atoms. The van der Waals surface area contributed by atoms with Gasteiger partial charge >= 0.3 is 0 Å². The highest BCUT2D eigenvalue weighted by atomic mass is 19.2. The quantitative estimate of drug-likeness (QED) is 0.808. The summed E-state index contributed by atoms with van der Waals surface area (Å²) in [5.74, 6) is -1.75. The number of rotatable bonds is 1. The maximum absolute atomic E-state index is 13.8. The first-order valence-corrected chi connectivity index (χ1v) is 6.00. The van der Waals surface area contributed by atoms with Gasteiger partial charge in [-0.2, -0.15) is 0 Å². The summed E-state index contributed by atoms with van der Waals surface area (Å²) in [5.41, 5.74) is -1.07. The Labute approximate surface area is 98.9 Å². The summed E-state index contributed by atoms with van der Waals surface area (Å²) in [4.78, 5) is 2.26. The molecule has 2 saturated heterocycles. The van der Waals surface area contributed by atoms with Crippen LogP contribution in [-0.4, -0.2) is 29.6 Å². The molecule has 2 fully saturated rings. The summed E-state index contributed by atoms with van der Waals surface area (Å²) in [7, 11) is 0. The molecule has 0 amide bonds. The van der Waals surface area contributed by atoms with Crippen molar-refractivity contribution < 1.29 is 13.9 Å². The molecule has 0 saturated carbocycles. The van der Waals surface area contributed by atoms with Gasteiger partial charge in [-0.25, -0.2) is 8.78 Å². The van der Waals surface area contributed by atoms with Crippen LogP contribution in [0, 0.1) is 17.6 Å². The van der Waals surface area contributed by atoms with Crippen LogP contribution >= 0.6 is 0 Å². The lowest BCUT2D eigenvalue weighted by atomic mass is 9.77. The van der Waals surface area contributed by atoms with Gasteiger partial charge in [0.25, 0.3) is 0 Å². The van der Waals surface area contributed by atoms with Crippen molar-refractivity contribution >= 4 is 0 Å². The Morgan fingerprint density at radius 3 is 2.94 bits per heavy atom. The fourth-order valence-electron chi connectivity index (χ4n) is 3.15. The molecule has 0 radical (unpaired) electrons. The molecule has 17 heavy (non-hydrogen) atoms. The van der Waals surface area contributed by atoms with Crippen molar-refractivity contribution in [1.82, 2.24) is 4.90 Å². The van der Waals surface area contributed by atoms with Crippen molar-refractivity contribution in [3.8, 4) is 0 Å².